The Hall–Kier alpha value is -3.26. The third kappa shape index (κ3) is 4.29. The van der Waals surface area contributed by atoms with Gasteiger partial charge in [0.1, 0.15) is 10.7 Å². The Balaban J connectivity index is 2.05. The van der Waals surface area contributed by atoms with Crippen molar-refractivity contribution in [1.29, 1.82) is 0 Å². The van der Waals surface area contributed by atoms with E-state index in [2.05, 4.69) is 10.3 Å². The number of carbonyl (C=O) groups is 1. The van der Waals surface area contributed by atoms with Crippen molar-refractivity contribution < 1.29 is 14.8 Å². The smallest absolute Gasteiger partial charge is 0.292 e. The summed E-state index contributed by atoms with van der Waals surface area (Å²) in [5.74, 6) is -1.15. The maximum absolute atomic E-state index is 11.3. The number of nitro benzene ring substituents is 1. The minimum atomic E-state index is -1.15. The van der Waals surface area contributed by atoms with E-state index in [0.29, 0.717) is 21.8 Å². The van der Waals surface area contributed by atoms with E-state index >= 15 is 0 Å². The first kappa shape index (κ1) is 18.5. The predicted octanol–water partition coefficient (Wildman–Crippen LogP) is 3.32. The number of carbonyl (C=O) groups excluding carboxylic acids is 1. The molecule has 0 saturated heterocycles. The number of nitrogens with one attached hydrogen (secondary N) is 1. The van der Waals surface area contributed by atoms with E-state index in [1.807, 2.05) is 24.3 Å². The second kappa shape index (κ2) is 7.96. The topological polar surface area (TPSA) is 108 Å². The van der Waals surface area contributed by atoms with Gasteiger partial charge in [0.05, 0.1) is 15.1 Å². The van der Waals surface area contributed by atoms with E-state index in [-0.39, 0.29) is 18.5 Å². The summed E-state index contributed by atoms with van der Waals surface area (Å²) in [7, 11) is 1.62. The zero-order valence-electron chi connectivity index (χ0n) is 14.5. The van der Waals surface area contributed by atoms with Crippen LogP contribution in [0.25, 0.3) is 21.9 Å². The Kier molecular flexibility index (Phi) is 5.46. The molecule has 0 fully saturated rings. The van der Waals surface area contributed by atoms with Gasteiger partial charge in [-0.1, -0.05) is 18.2 Å². The summed E-state index contributed by atoms with van der Waals surface area (Å²) in [5, 5.41) is 25.7. The molecule has 0 bridgehead atoms. The summed E-state index contributed by atoms with van der Waals surface area (Å²) >= 11 is 1.46. The molecule has 2 aromatic carbocycles. The second-order valence-corrected chi connectivity index (χ2v) is 6.84. The lowest BCUT2D eigenvalue weighted by Gasteiger charge is -2.07. The maximum atomic E-state index is 11.3. The highest BCUT2D eigenvalue weighted by Gasteiger charge is 2.14. The third-order valence-electron chi connectivity index (χ3n) is 4.00. The Morgan fingerprint density at radius 2 is 2.04 bits per heavy atom. The van der Waals surface area contributed by atoms with Gasteiger partial charge in [0, 0.05) is 19.1 Å². The largest absolute Gasteiger partial charge is 0.550 e. The van der Waals surface area contributed by atoms with E-state index < -0.39 is 10.9 Å². The number of anilines is 1. The summed E-state index contributed by atoms with van der Waals surface area (Å²) in [6.45, 7) is 0. The number of allylic oxidation sites excluding steroid dienone is 1. The molecular formula is C19H16N3O4S-. The molecule has 0 amide bonds. The Morgan fingerprint density at radius 3 is 2.70 bits per heavy atom. The highest BCUT2D eigenvalue weighted by Crippen LogP contribution is 2.32. The lowest BCUT2D eigenvalue weighted by molar-refractivity contribution is -0.384. The summed E-state index contributed by atoms with van der Waals surface area (Å²) in [5.41, 5.74) is 2.50. The molecule has 0 aliphatic carbocycles. The molecule has 1 heterocycles. The number of para-hydroxylation sites is 1. The van der Waals surface area contributed by atoms with Crippen LogP contribution in [0.3, 0.4) is 0 Å². The molecule has 138 valence electrons. The van der Waals surface area contributed by atoms with Gasteiger partial charge in [-0.3, -0.25) is 10.1 Å². The van der Waals surface area contributed by atoms with Gasteiger partial charge < -0.3 is 15.2 Å². The molecular weight excluding hydrogens is 366 g/mol. The molecule has 0 unspecified atom stereocenters. The minimum absolute atomic E-state index is 0.0465. The minimum Gasteiger partial charge on any atom is -0.550 e. The number of nitro groups is 1. The van der Waals surface area contributed by atoms with Crippen molar-refractivity contribution in [2.45, 2.75) is 12.8 Å². The summed E-state index contributed by atoms with van der Waals surface area (Å²) < 4.78 is 0.989. The number of benzene rings is 2. The van der Waals surface area contributed by atoms with Crippen molar-refractivity contribution in [2.75, 3.05) is 12.4 Å². The zero-order valence-corrected chi connectivity index (χ0v) is 15.3. The summed E-state index contributed by atoms with van der Waals surface area (Å²) in [6.07, 6.45) is 1.81. The van der Waals surface area contributed by atoms with Crippen LogP contribution in [0, 0.1) is 10.1 Å². The molecule has 27 heavy (non-hydrogen) atoms. The fourth-order valence-corrected chi connectivity index (χ4v) is 3.70. The Bertz CT molecular complexity index is 1010. The number of nitrogens with zero attached hydrogens (tertiary/aromatic N) is 2. The van der Waals surface area contributed by atoms with Crippen LogP contribution < -0.4 is 10.4 Å². The first-order chi connectivity index (χ1) is 13.0. The zero-order chi connectivity index (χ0) is 19.4. The van der Waals surface area contributed by atoms with Crippen molar-refractivity contribution in [2.24, 2.45) is 0 Å². The number of thiazole rings is 1. The van der Waals surface area contributed by atoms with Gasteiger partial charge in [-0.15, -0.1) is 11.3 Å². The van der Waals surface area contributed by atoms with Crippen LogP contribution in [0.5, 0.6) is 0 Å². The molecule has 0 aliphatic heterocycles. The lowest BCUT2D eigenvalue weighted by Crippen LogP contribution is -2.21. The molecule has 0 atom stereocenters. The van der Waals surface area contributed by atoms with Crippen LogP contribution in [0.15, 0.2) is 42.5 Å². The number of hydrogen-bond donors (Lipinski definition) is 1. The third-order valence-corrected chi connectivity index (χ3v) is 5.11. The fourth-order valence-electron chi connectivity index (χ4n) is 2.69. The molecule has 3 rings (SSSR count). The van der Waals surface area contributed by atoms with Crippen molar-refractivity contribution in [1.82, 2.24) is 4.98 Å². The van der Waals surface area contributed by atoms with Crippen molar-refractivity contribution in [3.05, 3.63) is 63.1 Å². The first-order valence-corrected chi connectivity index (χ1v) is 9.02. The van der Waals surface area contributed by atoms with Crippen molar-refractivity contribution in [3.63, 3.8) is 0 Å². The van der Waals surface area contributed by atoms with Gasteiger partial charge in [0.25, 0.3) is 5.69 Å². The van der Waals surface area contributed by atoms with E-state index in [9.17, 15) is 20.0 Å². The summed E-state index contributed by atoms with van der Waals surface area (Å²) in [4.78, 5) is 26.3. The van der Waals surface area contributed by atoms with Crippen LogP contribution in [-0.4, -0.2) is 22.9 Å². The molecule has 0 spiro atoms. The van der Waals surface area contributed by atoms with Crippen molar-refractivity contribution >= 4 is 50.5 Å². The van der Waals surface area contributed by atoms with Crippen LogP contribution in [0.1, 0.15) is 23.4 Å². The monoisotopic (exact) mass is 382 g/mol. The van der Waals surface area contributed by atoms with E-state index in [1.165, 1.54) is 17.4 Å². The molecule has 8 heteroatoms. The highest BCUT2D eigenvalue weighted by atomic mass is 32.1. The van der Waals surface area contributed by atoms with E-state index in [4.69, 9.17) is 0 Å². The SMILES string of the molecule is CNc1ccc(/C=C(\CCC(=O)[O-])c2nc3ccccc3s2)cc1[N+](=O)[O-]. The number of hydrogen-bond acceptors (Lipinski definition) is 7. The normalized spacial score (nSPS) is 11.5. The number of aromatic nitrogens is 1. The average molecular weight is 382 g/mol. The van der Waals surface area contributed by atoms with Gasteiger partial charge in [-0.2, -0.15) is 0 Å². The van der Waals surface area contributed by atoms with Crippen LogP contribution in [-0.2, 0) is 4.79 Å². The van der Waals surface area contributed by atoms with Gasteiger partial charge in [-0.25, -0.2) is 4.98 Å². The number of rotatable bonds is 7. The second-order valence-electron chi connectivity index (χ2n) is 5.81. The molecule has 0 saturated carbocycles. The molecule has 0 radical (unpaired) electrons. The number of fused-ring (bicyclic) bond motifs is 1. The van der Waals surface area contributed by atoms with Crippen LogP contribution in [0.4, 0.5) is 11.4 Å². The lowest BCUT2D eigenvalue weighted by atomic mass is 10.1. The molecule has 1 N–H and O–H groups in total. The number of carboxylic acids is 1. The standard InChI is InChI=1S/C19H17N3O4S/c1-20-14-8-6-12(11-16(14)22(25)26)10-13(7-9-18(23)24)19-21-15-4-2-3-5-17(15)27-19/h2-6,8,10-11,20H,7,9H2,1H3,(H,23,24)/p-1/b13-10+. The highest BCUT2D eigenvalue weighted by molar-refractivity contribution is 7.19. The van der Waals surface area contributed by atoms with Gasteiger partial charge in [0.2, 0.25) is 0 Å². The molecule has 3 aromatic rings. The Labute approximate surface area is 159 Å². The van der Waals surface area contributed by atoms with Gasteiger partial charge in [0.15, 0.2) is 0 Å². The fraction of sp³-hybridized carbons (Fsp3) is 0.158. The van der Waals surface area contributed by atoms with Crippen LogP contribution in [0.2, 0.25) is 0 Å². The molecule has 0 aliphatic rings. The maximum Gasteiger partial charge on any atom is 0.292 e. The van der Waals surface area contributed by atoms with Crippen molar-refractivity contribution in [3.8, 4) is 0 Å². The van der Waals surface area contributed by atoms with Crippen LogP contribution >= 0.6 is 11.3 Å². The first-order valence-electron chi connectivity index (χ1n) is 8.20. The van der Waals surface area contributed by atoms with Gasteiger partial charge in [-0.05, 0) is 48.3 Å². The predicted molar refractivity (Wildman–Crippen MR) is 104 cm³/mol. The van der Waals surface area contributed by atoms with E-state index in [1.54, 1.807) is 25.3 Å². The summed E-state index contributed by atoms with van der Waals surface area (Å²) in [6, 6.07) is 12.4. The molecule has 1 aromatic heterocycles. The molecule has 7 nitrogen and oxygen atoms in total. The Morgan fingerprint density at radius 1 is 1.26 bits per heavy atom. The quantitative estimate of drug-likeness (QED) is 0.496. The number of carboxylic acid groups (broad SMARTS) is 1. The van der Waals surface area contributed by atoms with Gasteiger partial charge >= 0.3 is 0 Å². The number of aliphatic carboxylic acids is 1. The average Bonchev–Trinajstić information content (AvgIpc) is 3.08. The van der Waals surface area contributed by atoms with E-state index in [0.717, 1.165) is 10.2 Å².